The topological polar surface area (TPSA) is 39.2 Å². The van der Waals surface area contributed by atoms with E-state index in [1.54, 1.807) is 6.07 Å². The lowest BCUT2D eigenvalue weighted by atomic mass is 9.74. The second-order valence-corrected chi connectivity index (χ2v) is 3.46. The molecule has 0 bridgehead atoms. The lowest BCUT2D eigenvalue weighted by molar-refractivity contribution is -0.149. The predicted molar refractivity (Wildman–Crippen MR) is 58.5 cm³/mol. The number of hydrogen-bond donors (Lipinski definition) is 0. The highest BCUT2D eigenvalue weighted by Gasteiger charge is 2.45. The van der Waals surface area contributed by atoms with E-state index >= 15 is 0 Å². The van der Waals surface area contributed by atoms with Crippen molar-refractivity contribution in [3.05, 3.63) is 29.8 Å². The van der Waals surface area contributed by atoms with Gasteiger partial charge in [0.1, 0.15) is 11.4 Å². The zero-order valence-corrected chi connectivity index (χ0v) is 9.79. The Kier molecular flexibility index (Phi) is 4.12. The van der Waals surface area contributed by atoms with E-state index in [2.05, 4.69) is 4.98 Å². The number of ketones is 1. The van der Waals surface area contributed by atoms with Crippen LogP contribution in [0.3, 0.4) is 0 Å². The lowest BCUT2D eigenvalue weighted by Crippen LogP contribution is -2.43. The van der Waals surface area contributed by atoms with Gasteiger partial charge < -0.3 is 4.74 Å². The Bertz CT molecular complexity index is 371. The Morgan fingerprint density at radius 1 is 1.44 bits per heavy atom. The fraction of sp³-hybridized carbons (Fsp3) is 0.500. The summed E-state index contributed by atoms with van der Waals surface area (Å²) >= 11 is 0. The van der Waals surface area contributed by atoms with Gasteiger partial charge in [0.25, 0.3) is 0 Å². The first-order chi connectivity index (χ1) is 7.66. The molecule has 2 rings (SSSR count). The molecule has 1 aliphatic carbocycles. The molecular weight excluding hydrogens is 209 g/mol. The van der Waals surface area contributed by atoms with Crippen LogP contribution >= 0.6 is 0 Å². The molecule has 1 aliphatic rings. The second kappa shape index (κ2) is 5.16. The number of aromatic nitrogens is 1. The Hall–Kier alpha value is -1.29. The fourth-order valence-corrected chi connectivity index (χ4v) is 1.74. The number of rotatable bonds is 2. The van der Waals surface area contributed by atoms with Gasteiger partial charge >= 0.3 is 0 Å². The molecular formula is C12H16FNO2. The molecule has 88 valence electrons. The third kappa shape index (κ3) is 2.27. The first-order valence-corrected chi connectivity index (χ1v) is 5.35. The summed E-state index contributed by atoms with van der Waals surface area (Å²) in [7, 11) is 1.53. The van der Waals surface area contributed by atoms with Crippen molar-refractivity contribution in [3.63, 3.8) is 0 Å². The quantitative estimate of drug-likeness (QED) is 0.726. The van der Waals surface area contributed by atoms with Crippen LogP contribution in [0.1, 0.15) is 32.3 Å². The summed E-state index contributed by atoms with van der Waals surface area (Å²) in [6, 6.07) is 3.00. The van der Waals surface area contributed by atoms with E-state index in [-0.39, 0.29) is 5.78 Å². The van der Waals surface area contributed by atoms with Crippen molar-refractivity contribution in [3.8, 4) is 0 Å². The Morgan fingerprint density at radius 2 is 2.06 bits per heavy atom. The van der Waals surface area contributed by atoms with Gasteiger partial charge in [0.05, 0.1) is 0 Å². The summed E-state index contributed by atoms with van der Waals surface area (Å²) in [6.07, 6.45) is 2.04. The molecule has 0 spiro atoms. The van der Waals surface area contributed by atoms with Crippen molar-refractivity contribution in [2.75, 3.05) is 7.11 Å². The van der Waals surface area contributed by atoms with Gasteiger partial charge in [-0.1, -0.05) is 13.8 Å². The van der Waals surface area contributed by atoms with E-state index in [1.165, 1.54) is 19.4 Å². The molecule has 0 N–H and O–H groups in total. The minimum Gasteiger partial charge on any atom is -0.373 e. The van der Waals surface area contributed by atoms with E-state index in [1.807, 2.05) is 13.8 Å². The largest absolute Gasteiger partial charge is 0.373 e. The Morgan fingerprint density at radius 3 is 2.50 bits per heavy atom. The summed E-state index contributed by atoms with van der Waals surface area (Å²) in [5.41, 5.74) is 0.0769. The van der Waals surface area contributed by atoms with Crippen LogP contribution < -0.4 is 0 Å². The van der Waals surface area contributed by atoms with Crippen LogP contribution in [0.2, 0.25) is 0 Å². The number of methoxy groups -OCH3 is 1. The van der Waals surface area contributed by atoms with E-state index < -0.39 is 11.5 Å². The van der Waals surface area contributed by atoms with E-state index in [4.69, 9.17) is 4.74 Å². The Labute approximate surface area is 94.6 Å². The molecule has 0 radical (unpaired) electrons. The molecule has 0 aliphatic heterocycles. The number of pyridine rings is 1. The smallest absolute Gasteiger partial charge is 0.213 e. The zero-order chi connectivity index (χ0) is 12.2. The van der Waals surface area contributed by atoms with Crippen LogP contribution in [-0.4, -0.2) is 17.9 Å². The van der Waals surface area contributed by atoms with Crippen LogP contribution in [0.15, 0.2) is 18.3 Å². The number of carbonyl (C=O) groups excluding carboxylic acids is 1. The molecule has 1 heterocycles. The SMILES string of the molecule is CC.COC1(c2ccnc(F)c2)CC(=O)C1. The molecule has 1 aromatic rings. The molecule has 1 aromatic heterocycles. The number of halogens is 1. The van der Waals surface area contributed by atoms with Crippen molar-refractivity contribution >= 4 is 5.78 Å². The highest BCUT2D eigenvalue weighted by atomic mass is 19.1. The minimum absolute atomic E-state index is 0.143. The van der Waals surface area contributed by atoms with Crippen molar-refractivity contribution in [2.24, 2.45) is 0 Å². The molecule has 0 unspecified atom stereocenters. The zero-order valence-electron chi connectivity index (χ0n) is 9.79. The molecule has 1 fully saturated rings. The molecule has 3 nitrogen and oxygen atoms in total. The predicted octanol–water partition coefficient (Wildman–Crippen LogP) is 2.45. The number of carbonyl (C=O) groups is 1. The number of hydrogen-bond acceptors (Lipinski definition) is 3. The molecule has 16 heavy (non-hydrogen) atoms. The van der Waals surface area contributed by atoms with E-state index in [0.29, 0.717) is 18.4 Å². The molecule has 0 amide bonds. The number of nitrogens with zero attached hydrogens (tertiary/aromatic N) is 1. The van der Waals surface area contributed by atoms with Crippen molar-refractivity contribution < 1.29 is 13.9 Å². The highest BCUT2D eigenvalue weighted by molar-refractivity contribution is 5.87. The first-order valence-electron chi connectivity index (χ1n) is 5.35. The molecule has 0 aromatic carbocycles. The van der Waals surface area contributed by atoms with Gasteiger partial charge in [-0.2, -0.15) is 4.39 Å². The van der Waals surface area contributed by atoms with Gasteiger partial charge in [0.2, 0.25) is 5.95 Å². The number of Topliss-reactive ketones (excluding diaryl/α,β-unsaturated/α-hetero) is 1. The maximum absolute atomic E-state index is 12.8. The average molecular weight is 225 g/mol. The lowest BCUT2D eigenvalue weighted by Gasteiger charge is -2.39. The summed E-state index contributed by atoms with van der Waals surface area (Å²) < 4.78 is 18.1. The maximum atomic E-state index is 12.8. The molecule has 0 saturated heterocycles. The van der Waals surface area contributed by atoms with Crippen LogP contribution in [0.25, 0.3) is 0 Å². The fourth-order valence-electron chi connectivity index (χ4n) is 1.74. The third-order valence-electron chi connectivity index (χ3n) is 2.61. The molecule has 1 saturated carbocycles. The summed E-state index contributed by atoms with van der Waals surface area (Å²) in [5.74, 6) is -0.401. The molecule has 0 atom stereocenters. The van der Waals surface area contributed by atoms with Crippen molar-refractivity contribution in [2.45, 2.75) is 32.3 Å². The van der Waals surface area contributed by atoms with Gasteiger partial charge in [0, 0.05) is 26.1 Å². The third-order valence-corrected chi connectivity index (χ3v) is 2.61. The second-order valence-electron chi connectivity index (χ2n) is 3.46. The average Bonchev–Trinajstić information content (AvgIpc) is 2.27. The van der Waals surface area contributed by atoms with E-state index in [0.717, 1.165) is 0 Å². The number of ether oxygens (including phenoxy) is 1. The van der Waals surface area contributed by atoms with Crippen molar-refractivity contribution in [1.82, 2.24) is 4.98 Å². The monoisotopic (exact) mass is 225 g/mol. The van der Waals surface area contributed by atoms with Crippen molar-refractivity contribution in [1.29, 1.82) is 0 Å². The highest BCUT2D eigenvalue weighted by Crippen LogP contribution is 2.41. The van der Waals surface area contributed by atoms with Gasteiger partial charge in [0.15, 0.2) is 0 Å². The van der Waals surface area contributed by atoms with Gasteiger partial charge in [-0.3, -0.25) is 4.79 Å². The normalized spacial score (nSPS) is 17.1. The van der Waals surface area contributed by atoms with Gasteiger partial charge in [-0.15, -0.1) is 0 Å². The van der Waals surface area contributed by atoms with Gasteiger partial charge in [-0.05, 0) is 17.7 Å². The van der Waals surface area contributed by atoms with Crippen LogP contribution in [0.4, 0.5) is 4.39 Å². The molecule has 4 heteroatoms. The van der Waals surface area contributed by atoms with E-state index in [9.17, 15) is 9.18 Å². The Balaban J connectivity index is 0.000000606. The van der Waals surface area contributed by atoms with Gasteiger partial charge in [-0.25, -0.2) is 4.98 Å². The first kappa shape index (κ1) is 12.8. The summed E-state index contributed by atoms with van der Waals surface area (Å²) in [5, 5.41) is 0. The maximum Gasteiger partial charge on any atom is 0.213 e. The van der Waals surface area contributed by atoms with Crippen LogP contribution in [0, 0.1) is 5.95 Å². The van der Waals surface area contributed by atoms with Crippen LogP contribution in [0.5, 0.6) is 0 Å². The minimum atomic E-state index is -0.610. The standard InChI is InChI=1S/C10H10FNO2.C2H6/c1-14-10(5-8(13)6-10)7-2-3-12-9(11)4-7;1-2/h2-4H,5-6H2,1H3;1-2H3. The summed E-state index contributed by atoms with van der Waals surface area (Å²) in [4.78, 5) is 14.4. The van der Waals surface area contributed by atoms with Crippen LogP contribution in [-0.2, 0) is 15.1 Å². The summed E-state index contributed by atoms with van der Waals surface area (Å²) in [6.45, 7) is 4.00.